The monoisotopic (exact) mass is 179 g/mol. The van der Waals surface area contributed by atoms with Gasteiger partial charge in [0.25, 0.3) is 0 Å². The highest BCUT2D eigenvalue weighted by atomic mass is 16.3. The van der Waals surface area contributed by atoms with Crippen molar-refractivity contribution in [3.05, 3.63) is 35.4 Å². The van der Waals surface area contributed by atoms with Crippen LogP contribution in [0.3, 0.4) is 0 Å². The van der Waals surface area contributed by atoms with E-state index in [4.69, 9.17) is 5.73 Å². The first kappa shape index (κ1) is 10.2. The van der Waals surface area contributed by atoms with Gasteiger partial charge in [-0.25, -0.2) is 0 Å². The zero-order valence-electron chi connectivity index (χ0n) is 8.41. The molecule has 1 aromatic rings. The van der Waals surface area contributed by atoms with E-state index in [1.165, 1.54) is 0 Å². The van der Waals surface area contributed by atoms with Crippen molar-refractivity contribution in [1.82, 2.24) is 0 Å². The second-order valence-corrected chi connectivity index (χ2v) is 4.08. The van der Waals surface area contributed by atoms with Crippen molar-refractivity contribution >= 4 is 0 Å². The van der Waals surface area contributed by atoms with Gasteiger partial charge in [0.05, 0.1) is 6.10 Å². The quantitative estimate of drug-likeness (QED) is 0.726. The van der Waals surface area contributed by atoms with Crippen LogP contribution in [0.15, 0.2) is 24.3 Å². The lowest BCUT2D eigenvalue weighted by Gasteiger charge is -2.27. The number of nitrogens with two attached hydrogens (primary N) is 1. The van der Waals surface area contributed by atoms with Crippen molar-refractivity contribution in [2.24, 2.45) is 5.73 Å². The Labute approximate surface area is 79.4 Å². The molecule has 0 spiro atoms. The molecule has 0 aliphatic carbocycles. The van der Waals surface area contributed by atoms with Crippen LogP contribution in [0.1, 0.15) is 31.1 Å². The molecule has 0 amide bonds. The Kier molecular flexibility index (Phi) is 2.74. The van der Waals surface area contributed by atoms with Crippen LogP contribution in [0, 0.1) is 6.92 Å². The Morgan fingerprint density at radius 3 is 2.31 bits per heavy atom. The molecule has 0 radical (unpaired) electrons. The number of rotatable bonds is 2. The summed E-state index contributed by atoms with van der Waals surface area (Å²) in [4.78, 5) is 0. The number of hydrogen-bond donors (Lipinski definition) is 2. The predicted molar refractivity (Wildman–Crippen MR) is 54.4 cm³/mol. The van der Waals surface area contributed by atoms with Gasteiger partial charge in [-0.3, -0.25) is 0 Å². The van der Waals surface area contributed by atoms with E-state index in [1.54, 1.807) is 0 Å². The number of aliphatic hydroxyl groups is 1. The maximum atomic E-state index is 9.91. The Hall–Kier alpha value is -0.860. The number of benzene rings is 1. The Morgan fingerprint density at radius 1 is 1.31 bits per heavy atom. The molecule has 0 bridgehead atoms. The molecular formula is C11H17NO. The molecule has 2 nitrogen and oxygen atoms in total. The Bertz CT molecular complexity index is 288. The maximum absolute atomic E-state index is 9.91. The first-order valence-electron chi connectivity index (χ1n) is 4.45. The molecule has 13 heavy (non-hydrogen) atoms. The van der Waals surface area contributed by atoms with Gasteiger partial charge in [-0.1, -0.05) is 24.3 Å². The van der Waals surface area contributed by atoms with E-state index in [-0.39, 0.29) is 0 Å². The zero-order valence-corrected chi connectivity index (χ0v) is 8.41. The summed E-state index contributed by atoms with van der Waals surface area (Å²) in [6.07, 6.45) is -0.603. The average Bonchev–Trinajstić information content (AvgIpc) is 2.02. The van der Waals surface area contributed by atoms with Crippen molar-refractivity contribution in [3.8, 4) is 0 Å². The van der Waals surface area contributed by atoms with Crippen LogP contribution in [0.25, 0.3) is 0 Å². The summed E-state index contributed by atoms with van der Waals surface area (Å²) in [5, 5.41) is 9.91. The second-order valence-electron chi connectivity index (χ2n) is 4.08. The van der Waals surface area contributed by atoms with Gasteiger partial charge in [-0.15, -0.1) is 0 Å². The van der Waals surface area contributed by atoms with E-state index in [9.17, 15) is 5.11 Å². The molecule has 0 aromatic heterocycles. The van der Waals surface area contributed by atoms with Gasteiger partial charge < -0.3 is 10.8 Å². The molecule has 0 fully saturated rings. The van der Waals surface area contributed by atoms with Crippen molar-refractivity contribution in [3.63, 3.8) is 0 Å². The first-order valence-corrected chi connectivity index (χ1v) is 4.45. The molecule has 0 saturated carbocycles. The Balaban J connectivity index is 3.02. The van der Waals surface area contributed by atoms with Crippen LogP contribution >= 0.6 is 0 Å². The third kappa shape index (κ3) is 2.29. The van der Waals surface area contributed by atoms with Crippen LogP contribution in [0.5, 0.6) is 0 Å². The zero-order chi connectivity index (χ0) is 10.1. The predicted octanol–water partition coefficient (Wildman–Crippen LogP) is 1.77. The van der Waals surface area contributed by atoms with Crippen molar-refractivity contribution < 1.29 is 5.11 Å². The topological polar surface area (TPSA) is 46.2 Å². The lowest BCUT2D eigenvalue weighted by molar-refractivity contribution is 0.104. The molecule has 0 aliphatic rings. The maximum Gasteiger partial charge on any atom is 0.0966 e. The second kappa shape index (κ2) is 3.48. The van der Waals surface area contributed by atoms with Gasteiger partial charge in [0.1, 0.15) is 0 Å². The number of hydrogen-bond acceptors (Lipinski definition) is 2. The van der Waals surface area contributed by atoms with E-state index >= 15 is 0 Å². The number of aliphatic hydroxyl groups excluding tert-OH is 1. The van der Waals surface area contributed by atoms with E-state index < -0.39 is 11.6 Å². The summed E-state index contributed by atoms with van der Waals surface area (Å²) in [5.41, 5.74) is 7.23. The van der Waals surface area contributed by atoms with E-state index in [0.29, 0.717) is 0 Å². The van der Waals surface area contributed by atoms with E-state index in [1.807, 2.05) is 45.0 Å². The standard InChI is InChI=1S/C11H17NO/c1-8-6-4-5-7-9(8)10(13)11(2,3)12/h4-7,10,13H,12H2,1-3H3. The third-order valence-corrected chi connectivity index (χ3v) is 2.19. The first-order chi connectivity index (χ1) is 5.93. The Morgan fingerprint density at radius 2 is 1.85 bits per heavy atom. The summed E-state index contributed by atoms with van der Waals surface area (Å²) in [6, 6.07) is 7.76. The van der Waals surface area contributed by atoms with Crippen molar-refractivity contribution in [2.45, 2.75) is 32.4 Å². The summed E-state index contributed by atoms with van der Waals surface area (Å²) in [7, 11) is 0. The van der Waals surface area contributed by atoms with E-state index in [2.05, 4.69) is 0 Å². The molecule has 2 heteroatoms. The minimum Gasteiger partial charge on any atom is -0.386 e. The fourth-order valence-corrected chi connectivity index (χ4v) is 1.29. The van der Waals surface area contributed by atoms with Gasteiger partial charge in [0, 0.05) is 5.54 Å². The molecule has 0 aliphatic heterocycles. The molecule has 1 unspecified atom stereocenters. The number of aryl methyl sites for hydroxylation is 1. The molecule has 0 heterocycles. The normalized spacial score (nSPS) is 14.2. The largest absolute Gasteiger partial charge is 0.386 e. The van der Waals surface area contributed by atoms with Crippen LogP contribution < -0.4 is 5.73 Å². The highest BCUT2D eigenvalue weighted by Crippen LogP contribution is 2.25. The highest BCUT2D eigenvalue weighted by molar-refractivity contribution is 5.29. The van der Waals surface area contributed by atoms with Gasteiger partial charge in [0.2, 0.25) is 0 Å². The molecule has 1 aromatic carbocycles. The summed E-state index contributed by atoms with van der Waals surface area (Å²) < 4.78 is 0. The molecule has 1 rings (SSSR count). The fourth-order valence-electron chi connectivity index (χ4n) is 1.29. The highest BCUT2D eigenvalue weighted by Gasteiger charge is 2.25. The smallest absolute Gasteiger partial charge is 0.0966 e. The van der Waals surface area contributed by atoms with Gasteiger partial charge >= 0.3 is 0 Å². The minimum absolute atomic E-state index is 0.591. The lowest BCUT2D eigenvalue weighted by atomic mass is 9.90. The molecule has 0 saturated heterocycles. The van der Waals surface area contributed by atoms with Crippen LogP contribution in [0.4, 0.5) is 0 Å². The van der Waals surface area contributed by atoms with Gasteiger partial charge in [-0.2, -0.15) is 0 Å². The van der Waals surface area contributed by atoms with Gasteiger partial charge in [0.15, 0.2) is 0 Å². The molecule has 72 valence electrons. The van der Waals surface area contributed by atoms with Crippen LogP contribution in [-0.4, -0.2) is 10.6 Å². The summed E-state index contributed by atoms with van der Waals surface area (Å²) in [5.74, 6) is 0. The van der Waals surface area contributed by atoms with Crippen LogP contribution in [-0.2, 0) is 0 Å². The van der Waals surface area contributed by atoms with Crippen molar-refractivity contribution in [2.75, 3.05) is 0 Å². The summed E-state index contributed by atoms with van der Waals surface area (Å²) >= 11 is 0. The van der Waals surface area contributed by atoms with Gasteiger partial charge in [-0.05, 0) is 31.9 Å². The SMILES string of the molecule is Cc1ccccc1C(O)C(C)(C)N. The molecule has 3 N–H and O–H groups in total. The molecule has 1 atom stereocenters. The molecular weight excluding hydrogens is 162 g/mol. The minimum atomic E-state index is -0.603. The third-order valence-electron chi connectivity index (χ3n) is 2.19. The van der Waals surface area contributed by atoms with Crippen molar-refractivity contribution in [1.29, 1.82) is 0 Å². The summed E-state index contributed by atoms with van der Waals surface area (Å²) in [6.45, 7) is 5.62. The van der Waals surface area contributed by atoms with E-state index in [0.717, 1.165) is 11.1 Å². The average molecular weight is 179 g/mol. The lowest BCUT2D eigenvalue weighted by Crippen LogP contribution is -2.39. The van der Waals surface area contributed by atoms with Crippen LogP contribution in [0.2, 0.25) is 0 Å². The fraction of sp³-hybridized carbons (Fsp3) is 0.455.